The average Bonchev–Trinajstić information content (AvgIpc) is 2.66. The molecule has 0 spiro atoms. The van der Waals surface area contributed by atoms with E-state index < -0.39 is 0 Å². The fourth-order valence-corrected chi connectivity index (χ4v) is 2.35. The third-order valence-corrected chi connectivity index (χ3v) is 3.51. The van der Waals surface area contributed by atoms with Crippen LogP contribution in [0.4, 0.5) is 5.69 Å². The Bertz CT molecular complexity index is 505. The zero-order valence-corrected chi connectivity index (χ0v) is 9.52. The Morgan fingerprint density at radius 3 is 2.67 bits per heavy atom. The van der Waals surface area contributed by atoms with Crippen molar-refractivity contribution in [3.63, 3.8) is 0 Å². The van der Waals surface area contributed by atoms with Crippen LogP contribution in [0, 0.1) is 0 Å². The first-order valence-corrected chi connectivity index (χ1v) is 5.62. The summed E-state index contributed by atoms with van der Waals surface area (Å²) in [6.45, 7) is 0. The van der Waals surface area contributed by atoms with Crippen LogP contribution in [0.15, 0.2) is 36.4 Å². The van der Waals surface area contributed by atoms with E-state index in [1.54, 1.807) is 6.07 Å². The Morgan fingerprint density at radius 2 is 2.07 bits per heavy atom. The van der Waals surface area contributed by atoms with Gasteiger partial charge in [0, 0.05) is 10.6 Å². The van der Waals surface area contributed by atoms with E-state index in [9.17, 15) is 4.79 Å². The van der Waals surface area contributed by atoms with Gasteiger partial charge in [-0.2, -0.15) is 0 Å². The minimum atomic E-state index is -0.199. The predicted molar refractivity (Wildman–Crippen MR) is 67.5 cm³/mol. The van der Waals surface area contributed by atoms with Gasteiger partial charge in [-0.15, -0.1) is 11.3 Å². The lowest BCUT2D eigenvalue weighted by molar-refractivity contribution is 0.109. The maximum atomic E-state index is 11.0. The first kappa shape index (κ1) is 10.3. The molecule has 2 N–H and O–H groups in total. The Kier molecular flexibility index (Phi) is 2.79. The van der Waals surface area contributed by atoms with Gasteiger partial charge >= 0.3 is 0 Å². The molecule has 0 saturated carbocycles. The largest absolute Gasteiger partial charge is 0.399 e. The number of hydrogen-bond donors (Lipinski definition) is 2. The smallest absolute Gasteiger partial charge is 0.226 e. The van der Waals surface area contributed by atoms with Gasteiger partial charge in [0.1, 0.15) is 0 Å². The highest BCUT2D eigenvalue weighted by Crippen LogP contribution is 2.29. The van der Waals surface area contributed by atoms with Crippen LogP contribution in [0.5, 0.6) is 0 Å². The number of nitrogens with two attached hydrogens (primary N) is 1. The van der Waals surface area contributed by atoms with Crippen LogP contribution >= 0.6 is 24.0 Å². The first-order valence-electron chi connectivity index (χ1n) is 4.36. The van der Waals surface area contributed by atoms with Gasteiger partial charge < -0.3 is 5.73 Å². The van der Waals surface area contributed by atoms with E-state index in [1.165, 1.54) is 11.3 Å². The molecule has 0 aliphatic heterocycles. The minimum Gasteiger partial charge on any atom is -0.399 e. The van der Waals surface area contributed by atoms with Gasteiger partial charge in [-0.25, -0.2) is 0 Å². The maximum Gasteiger partial charge on any atom is 0.226 e. The van der Waals surface area contributed by atoms with E-state index in [4.69, 9.17) is 5.73 Å². The van der Waals surface area contributed by atoms with Crippen LogP contribution < -0.4 is 5.73 Å². The molecule has 0 fully saturated rings. The number of thiophene rings is 1. The monoisotopic (exact) mass is 235 g/mol. The summed E-state index contributed by atoms with van der Waals surface area (Å²) < 4.78 is 0. The number of thiol groups is 1. The van der Waals surface area contributed by atoms with E-state index >= 15 is 0 Å². The number of carbonyl (C=O) groups is 1. The number of anilines is 1. The second-order valence-electron chi connectivity index (χ2n) is 3.09. The van der Waals surface area contributed by atoms with Crippen molar-refractivity contribution < 1.29 is 4.79 Å². The van der Waals surface area contributed by atoms with Crippen LogP contribution in [0.25, 0.3) is 10.4 Å². The molecule has 0 saturated heterocycles. The van der Waals surface area contributed by atoms with Gasteiger partial charge in [0.15, 0.2) is 0 Å². The van der Waals surface area contributed by atoms with Crippen molar-refractivity contribution in [1.82, 2.24) is 0 Å². The lowest BCUT2D eigenvalue weighted by Gasteiger charge is -1.98. The molecule has 4 heteroatoms. The minimum absolute atomic E-state index is 0.199. The van der Waals surface area contributed by atoms with E-state index in [2.05, 4.69) is 12.6 Å². The van der Waals surface area contributed by atoms with Crippen LogP contribution in [0.2, 0.25) is 0 Å². The molecule has 0 aliphatic rings. The quantitative estimate of drug-likeness (QED) is 0.620. The highest BCUT2D eigenvalue weighted by molar-refractivity contribution is 7.97. The van der Waals surface area contributed by atoms with Crippen molar-refractivity contribution in [2.24, 2.45) is 0 Å². The molecule has 1 heterocycles. The van der Waals surface area contributed by atoms with Crippen molar-refractivity contribution in [3.8, 4) is 10.4 Å². The molecule has 0 atom stereocenters. The first-order chi connectivity index (χ1) is 7.16. The van der Waals surface area contributed by atoms with Gasteiger partial charge in [0.25, 0.3) is 0 Å². The Labute approximate surface area is 97.2 Å². The molecule has 1 aromatic heterocycles. The van der Waals surface area contributed by atoms with Crippen LogP contribution in [-0.2, 0) is 0 Å². The second-order valence-corrected chi connectivity index (χ2v) is 4.58. The molecular weight excluding hydrogens is 226 g/mol. The molecule has 0 radical (unpaired) electrons. The summed E-state index contributed by atoms with van der Waals surface area (Å²) in [6.07, 6.45) is 0. The summed E-state index contributed by atoms with van der Waals surface area (Å²) in [4.78, 5) is 12.7. The number of benzene rings is 1. The number of carbonyl (C=O) groups excluding carboxylic acids is 1. The summed E-state index contributed by atoms with van der Waals surface area (Å²) in [6, 6.07) is 11.3. The fraction of sp³-hybridized carbons (Fsp3) is 0. The lowest BCUT2D eigenvalue weighted by atomic mass is 10.2. The number of nitrogen functional groups attached to an aromatic ring is 1. The highest BCUT2D eigenvalue weighted by Gasteiger charge is 2.06. The normalized spacial score (nSPS) is 10.2. The molecular formula is C11H9NOS2. The van der Waals surface area contributed by atoms with Gasteiger partial charge in [-0.3, -0.25) is 4.79 Å². The predicted octanol–water partition coefficient (Wildman–Crippen LogP) is 3.07. The summed E-state index contributed by atoms with van der Waals surface area (Å²) in [7, 11) is 0. The summed E-state index contributed by atoms with van der Waals surface area (Å²) >= 11 is 5.20. The van der Waals surface area contributed by atoms with E-state index in [0.717, 1.165) is 16.1 Å². The second kappa shape index (κ2) is 4.08. The highest BCUT2D eigenvalue weighted by atomic mass is 32.1. The molecule has 0 aliphatic carbocycles. The van der Waals surface area contributed by atoms with Gasteiger partial charge in [-0.1, -0.05) is 24.8 Å². The number of hydrogen-bond acceptors (Lipinski definition) is 3. The van der Waals surface area contributed by atoms with Crippen molar-refractivity contribution in [1.29, 1.82) is 0 Å². The average molecular weight is 235 g/mol. The number of rotatable bonds is 2. The van der Waals surface area contributed by atoms with Gasteiger partial charge in [-0.05, 0) is 29.8 Å². The van der Waals surface area contributed by atoms with Crippen LogP contribution in [-0.4, -0.2) is 5.12 Å². The SMILES string of the molecule is Nc1cccc(-c2ccc(C(=O)S)s2)c1. The van der Waals surface area contributed by atoms with E-state index in [1.807, 2.05) is 30.3 Å². The summed E-state index contributed by atoms with van der Waals surface area (Å²) in [5.74, 6) is 0. The summed E-state index contributed by atoms with van der Waals surface area (Å²) in [5, 5.41) is -0.199. The van der Waals surface area contributed by atoms with E-state index in [0.29, 0.717) is 4.88 Å². The van der Waals surface area contributed by atoms with Gasteiger partial charge in [0.05, 0.1) is 4.88 Å². The molecule has 0 amide bonds. The zero-order chi connectivity index (χ0) is 10.8. The Balaban J connectivity index is 2.41. The lowest BCUT2D eigenvalue weighted by Crippen LogP contribution is -1.83. The molecule has 2 rings (SSSR count). The Hall–Kier alpha value is -1.26. The third-order valence-electron chi connectivity index (χ3n) is 1.99. The van der Waals surface area contributed by atoms with Crippen LogP contribution in [0.3, 0.4) is 0 Å². The molecule has 15 heavy (non-hydrogen) atoms. The molecule has 2 aromatic rings. The van der Waals surface area contributed by atoms with Crippen molar-refractivity contribution in [3.05, 3.63) is 41.3 Å². The molecule has 0 unspecified atom stereocenters. The van der Waals surface area contributed by atoms with Crippen molar-refractivity contribution in [2.45, 2.75) is 0 Å². The van der Waals surface area contributed by atoms with Crippen molar-refractivity contribution >= 4 is 34.8 Å². The van der Waals surface area contributed by atoms with Gasteiger partial charge in [0.2, 0.25) is 5.12 Å². The van der Waals surface area contributed by atoms with E-state index in [-0.39, 0.29) is 5.12 Å². The Morgan fingerprint density at radius 1 is 1.27 bits per heavy atom. The standard InChI is InChI=1S/C11H9NOS2/c12-8-3-1-2-7(6-8)9-4-5-10(15-9)11(13)14/h1-6H,12H2,(H,13,14). The maximum absolute atomic E-state index is 11.0. The van der Waals surface area contributed by atoms with Crippen LogP contribution in [0.1, 0.15) is 9.67 Å². The molecule has 76 valence electrons. The molecule has 2 nitrogen and oxygen atoms in total. The summed E-state index contributed by atoms with van der Waals surface area (Å²) in [5.41, 5.74) is 7.44. The molecule has 1 aromatic carbocycles. The molecule has 0 bridgehead atoms. The fourth-order valence-electron chi connectivity index (χ4n) is 1.30. The topological polar surface area (TPSA) is 43.1 Å². The third kappa shape index (κ3) is 2.22. The zero-order valence-electron chi connectivity index (χ0n) is 7.81. The van der Waals surface area contributed by atoms with Crippen molar-refractivity contribution in [2.75, 3.05) is 5.73 Å².